The highest BCUT2D eigenvalue weighted by molar-refractivity contribution is 7.86. The Labute approximate surface area is 461 Å². The maximum absolute atomic E-state index is 12.2. The van der Waals surface area contributed by atoms with Crippen molar-refractivity contribution in [2.75, 3.05) is 22.9 Å². The lowest BCUT2D eigenvalue weighted by atomic mass is 9.96. The molecule has 8 rings (SSSR count). The lowest BCUT2D eigenvalue weighted by Crippen LogP contribution is -2.25. The zero-order valence-electron chi connectivity index (χ0n) is 40.7. The van der Waals surface area contributed by atoms with E-state index in [1.807, 2.05) is 42.5 Å². The molecule has 17 heteroatoms. The number of hydrogen-bond acceptors (Lipinski definition) is 11. The molecule has 2 heterocycles. The van der Waals surface area contributed by atoms with Gasteiger partial charge in [-0.25, -0.2) is 28.6 Å². The van der Waals surface area contributed by atoms with Gasteiger partial charge in [-0.05, 0) is 109 Å². The van der Waals surface area contributed by atoms with Gasteiger partial charge in [0.15, 0.2) is 11.5 Å². The van der Waals surface area contributed by atoms with E-state index < -0.39 is 15.4 Å². The quantitative estimate of drug-likeness (QED) is 0.0437. The van der Waals surface area contributed by atoms with E-state index in [2.05, 4.69) is 51.8 Å². The number of fused-ring (bicyclic) bond motifs is 2. The summed E-state index contributed by atoms with van der Waals surface area (Å²) in [5.41, 5.74) is 5.28. The first-order valence-corrected chi connectivity index (χ1v) is 25.9. The second-order valence-electron chi connectivity index (χ2n) is 16.8. The molecule has 1 atom stereocenters. The van der Waals surface area contributed by atoms with Crippen LogP contribution in [0.25, 0.3) is 20.8 Å². The van der Waals surface area contributed by atoms with Gasteiger partial charge in [0.1, 0.15) is 10.1 Å². The molecule has 0 aromatic heterocycles. The van der Waals surface area contributed by atoms with Gasteiger partial charge in [0.2, 0.25) is 11.8 Å². The maximum Gasteiger partial charge on any atom is 0.270 e. The van der Waals surface area contributed by atoms with Crippen molar-refractivity contribution < 1.29 is 22.4 Å². The largest absolute Gasteiger partial charge is 0.747 e. The molecule has 0 bridgehead atoms. The van der Waals surface area contributed by atoms with E-state index in [4.69, 9.17) is 57.4 Å². The molecule has 0 aliphatic carbocycles. The maximum atomic E-state index is 12.2. The van der Waals surface area contributed by atoms with Crippen molar-refractivity contribution in [3.8, 4) is 35.8 Å². The summed E-state index contributed by atoms with van der Waals surface area (Å²) in [7, 11) is -4.70. The molecule has 6 aromatic carbocycles. The minimum Gasteiger partial charge on any atom is -0.747 e. The highest BCUT2D eigenvalue weighted by atomic mass is 35.5. The molecule has 0 amide bonds. The summed E-state index contributed by atoms with van der Waals surface area (Å²) >= 11 is 18.4. The Kier molecular flexibility index (Phi) is 18.5. The first kappa shape index (κ1) is 55.4. The first-order chi connectivity index (χ1) is 37.2. The molecule has 6 aromatic rings. The molecule has 0 saturated carbocycles. The van der Waals surface area contributed by atoms with Gasteiger partial charge in [-0.3, -0.25) is 0 Å². The third-order valence-electron chi connectivity index (χ3n) is 11.9. The number of para-hydroxylation sites is 2. The molecule has 2 aliphatic rings. The van der Waals surface area contributed by atoms with Gasteiger partial charge in [-0.15, -0.1) is 0 Å². The molecule has 0 spiro atoms. The van der Waals surface area contributed by atoms with Crippen LogP contribution in [0.5, 0.6) is 11.5 Å². The number of benzene rings is 6. The molecule has 0 radical (unpaired) electrons. The van der Waals surface area contributed by atoms with Crippen molar-refractivity contribution in [3.63, 3.8) is 0 Å². The van der Waals surface area contributed by atoms with Crippen LogP contribution >= 0.6 is 34.8 Å². The van der Waals surface area contributed by atoms with Crippen LogP contribution in [0.2, 0.25) is 15.1 Å². The standard InChI is InChI=1S/C30H20Cl2N4O4S.C30H21ClN4O/c1-35-25(19-34)30(21-8-5-9-23(31)16-21)22(18-33)10-13-29-36(26-17-24(32)11-12-27(26)40-29)15-14-28(41(37,38)39)20-6-3-2-4-7-20;1-21-7-9-22(10-8-21)17-18-35-27-5-3-4-6-28(27)36-29(35)16-13-24(19-32)30(26(20-33)34-2)23-11-14-25(31)15-12-23/h2-13,16-17,28H,14-15H2,(H,37,38,39);3-16H,17-18H2,1H3/p-1/b22-10+,29-13-,30-25+;24-13+,29-16-,30-26+. The Hall–Kier alpha value is -9.32. The summed E-state index contributed by atoms with van der Waals surface area (Å²) in [5, 5.41) is 39.1. The third kappa shape index (κ3) is 13.7. The summed E-state index contributed by atoms with van der Waals surface area (Å²) < 4.78 is 48.6. The van der Waals surface area contributed by atoms with E-state index in [9.17, 15) is 34.0 Å². The number of halogens is 3. The summed E-state index contributed by atoms with van der Waals surface area (Å²) in [4.78, 5) is 10.4. The van der Waals surface area contributed by atoms with Crippen LogP contribution in [0.3, 0.4) is 0 Å². The predicted octanol–water partition coefficient (Wildman–Crippen LogP) is 14.2. The number of rotatable bonds is 14. The Morgan fingerprint density at radius 2 is 1.17 bits per heavy atom. The van der Waals surface area contributed by atoms with Crippen LogP contribution in [0.1, 0.15) is 39.5 Å². The fraction of sp³-hybridized carbons (Fsp3) is 0.100. The van der Waals surface area contributed by atoms with Crippen molar-refractivity contribution in [1.29, 1.82) is 21.0 Å². The van der Waals surface area contributed by atoms with Crippen LogP contribution < -0.4 is 19.3 Å². The molecular formula is C60H40Cl3N8O5S-. The van der Waals surface area contributed by atoms with Crippen LogP contribution in [-0.4, -0.2) is 26.1 Å². The monoisotopic (exact) mass is 1090 g/mol. The summed E-state index contributed by atoms with van der Waals surface area (Å²) in [6.07, 6.45) is 6.90. The van der Waals surface area contributed by atoms with Gasteiger partial charge in [-0.1, -0.05) is 131 Å². The molecule has 378 valence electrons. The van der Waals surface area contributed by atoms with Crippen molar-refractivity contribution in [2.45, 2.75) is 25.0 Å². The average Bonchev–Trinajstić information content (AvgIpc) is 4.01. The number of aryl methyl sites for hydroxylation is 1. The van der Waals surface area contributed by atoms with Crippen molar-refractivity contribution >= 4 is 67.4 Å². The highest BCUT2D eigenvalue weighted by Crippen LogP contribution is 2.43. The summed E-state index contributed by atoms with van der Waals surface area (Å²) in [6.45, 7) is 17.7. The Balaban J connectivity index is 0.000000225. The Bertz CT molecular complexity index is 3780. The molecule has 2 aliphatic heterocycles. The number of ether oxygens (including phenoxy) is 2. The normalized spacial score (nSPS) is 14.7. The molecule has 13 nitrogen and oxygen atoms in total. The van der Waals surface area contributed by atoms with E-state index in [-0.39, 0.29) is 52.5 Å². The SMILES string of the molecule is [C-]#[N+]/C(C#N)=C(/C(C#N)=C/C=C1\Oc2ccc(Cl)cc2N1CCC(c1ccccc1)S(=O)(=O)[O-])c1cccc(Cl)c1.[C-]#[N+]/C(C#N)=C(/C(C#N)=C/C=C1\Oc2ccccc2N1CCc1ccc(C)cc1)c1ccc(Cl)cc1. The molecule has 0 N–H and O–H groups in total. The smallest absolute Gasteiger partial charge is 0.270 e. The second kappa shape index (κ2) is 25.8. The van der Waals surface area contributed by atoms with E-state index in [0.717, 1.165) is 17.9 Å². The van der Waals surface area contributed by atoms with Crippen molar-refractivity contribution in [1.82, 2.24) is 0 Å². The lowest BCUT2D eigenvalue weighted by Gasteiger charge is -2.25. The fourth-order valence-corrected chi connectivity index (χ4v) is 9.63. The van der Waals surface area contributed by atoms with E-state index in [1.54, 1.807) is 114 Å². The zero-order chi connectivity index (χ0) is 55.1. The molecule has 1 unspecified atom stereocenters. The van der Waals surface area contributed by atoms with Crippen LogP contribution in [0, 0.1) is 65.4 Å². The number of nitrogens with zero attached hydrogens (tertiary/aromatic N) is 8. The molecule has 77 heavy (non-hydrogen) atoms. The first-order valence-electron chi connectivity index (χ1n) is 23.2. The Morgan fingerprint density at radius 3 is 1.74 bits per heavy atom. The predicted molar refractivity (Wildman–Crippen MR) is 297 cm³/mol. The minimum absolute atomic E-state index is 0.00541. The van der Waals surface area contributed by atoms with Gasteiger partial charge in [0.05, 0.1) is 65.2 Å². The van der Waals surface area contributed by atoms with E-state index >= 15 is 0 Å². The Morgan fingerprint density at radius 1 is 0.623 bits per heavy atom. The summed E-state index contributed by atoms with van der Waals surface area (Å²) in [5.74, 6) is 1.94. The van der Waals surface area contributed by atoms with Gasteiger partial charge in [-0.2, -0.15) is 10.5 Å². The number of anilines is 2. The zero-order valence-corrected chi connectivity index (χ0v) is 43.8. The van der Waals surface area contributed by atoms with Gasteiger partial charge >= 0.3 is 0 Å². The third-order valence-corrected chi connectivity index (χ3v) is 13.9. The number of allylic oxidation sites excluding steroid dienone is 10. The average molecular weight is 1090 g/mol. The summed E-state index contributed by atoms with van der Waals surface area (Å²) in [6, 6.07) is 50.3. The van der Waals surface area contributed by atoms with Gasteiger partial charge in [0.25, 0.3) is 11.4 Å². The van der Waals surface area contributed by atoms with Gasteiger partial charge < -0.3 is 23.8 Å². The minimum atomic E-state index is -4.70. The molecule has 0 fully saturated rings. The second-order valence-corrected chi connectivity index (χ2v) is 19.7. The van der Waals surface area contributed by atoms with E-state index in [0.29, 0.717) is 55.6 Å². The van der Waals surface area contributed by atoms with Crippen molar-refractivity contribution in [3.05, 3.63) is 270 Å². The lowest BCUT2D eigenvalue weighted by molar-refractivity contribution is 0.430. The number of nitriles is 4. The van der Waals surface area contributed by atoms with Crippen molar-refractivity contribution in [2.24, 2.45) is 0 Å². The van der Waals surface area contributed by atoms with Gasteiger partial charge in [0, 0.05) is 51.5 Å². The molecular weight excluding hydrogens is 1050 g/mol. The molecule has 0 saturated heterocycles. The number of hydrogen-bond donors (Lipinski definition) is 0. The fourth-order valence-electron chi connectivity index (χ4n) is 8.26. The van der Waals surface area contributed by atoms with Crippen LogP contribution in [-0.2, 0) is 16.5 Å². The van der Waals surface area contributed by atoms with Crippen LogP contribution in [0.4, 0.5) is 11.4 Å². The van der Waals surface area contributed by atoms with E-state index in [1.165, 1.54) is 23.3 Å². The topological polar surface area (TPSA) is 186 Å². The highest BCUT2D eigenvalue weighted by Gasteiger charge is 2.30. The van der Waals surface area contributed by atoms with Crippen LogP contribution in [0.15, 0.2) is 204 Å².